The van der Waals surface area contributed by atoms with Gasteiger partial charge in [0.1, 0.15) is 11.3 Å². The molecule has 2 nitrogen and oxygen atoms in total. The Labute approximate surface area is 133 Å². The zero-order valence-electron chi connectivity index (χ0n) is 12.4. The molecule has 1 heterocycles. The lowest BCUT2D eigenvalue weighted by Crippen LogP contribution is -2.18. The quantitative estimate of drug-likeness (QED) is 0.713. The van der Waals surface area contributed by atoms with Crippen molar-refractivity contribution in [2.45, 2.75) is 19.9 Å². The van der Waals surface area contributed by atoms with E-state index in [1.807, 2.05) is 13.1 Å². The van der Waals surface area contributed by atoms with Crippen LogP contribution in [0.15, 0.2) is 51.4 Å². The maximum atomic E-state index is 6.04. The van der Waals surface area contributed by atoms with E-state index in [9.17, 15) is 0 Å². The molecule has 0 saturated heterocycles. The number of hydrogen-bond acceptors (Lipinski definition) is 2. The summed E-state index contributed by atoms with van der Waals surface area (Å²) in [5, 5.41) is 4.51. The van der Waals surface area contributed by atoms with Gasteiger partial charge in [0.05, 0.1) is 6.04 Å². The lowest BCUT2D eigenvalue weighted by atomic mass is 9.99. The van der Waals surface area contributed by atoms with Crippen molar-refractivity contribution >= 4 is 26.9 Å². The largest absolute Gasteiger partial charge is 0.459 e. The van der Waals surface area contributed by atoms with Crippen molar-refractivity contribution in [3.05, 3.63) is 69.4 Å². The molecule has 1 aromatic heterocycles. The number of fused-ring (bicyclic) bond motifs is 1. The molecule has 1 atom stereocenters. The first-order valence-corrected chi connectivity index (χ1v) is 7.81. The normalized spacial score (nSPS) is 12.8. The molecule has 0 radical (unpaired) electrons. The molecule has 21 heavy (non-hydrogen) atoms. The smallest absolute Gasteiger partial charge is 0.134 e. The third-order valence-electron chi connectivity index (χ3n) is 3.81. The van der Waals surface area contributed by atoms with Gasteiger partial charge in [0.2, 0.25) is 0 Å². The predicted octanol–water partition coefficient (Wildman–Crippen LogP) is 5.12. The molecule has 3 rings (SSSR count). The molecule has 0 aliphatic carbocycles. The summed E-state index contributed by atoms with van der Waals surface area (Å²) in [5.41, 5.74) is 4.65. The van der Waals surface area contributed by atoms with Gasteiger partial charge in [-0.25, -0.2) is 0 Å². The molecule has 0 aliphatic heterocycles. The van der Waals surface area contributed by atoms with Crippen molar-refractivity contribution in [3.63, 3.8) is 0 Å². The minimum Gasteiger partial charge on any atom is -0.459 e. The number of aryl methyl sites for hydroxylation is 2. The fraction of sp³-hybridized carbons (Fsp3) is 0.222. The van der Waals surface area contributed by atoms with Crippen LogP contribution in [-0.4, -0.2) is 7.05 Å². The second kappa shape index (κ2) is 5.66. The van der Waals surface area contributed by atoms with E-state index in [2.05, 4.69) is 71.5 Å². The number of furan rings is 1. The van der Waals surface area contributed by atoms with Crippen LogP contribution in [-0.2, 0) is 0 Å². The zero-order valence-corrected chi connectivity index (χ0v) is 14.0. The van der Waals surface area contributed by atoms with Crippen LogP contribution >= 0.6 is 15.9 Å². The highest BCUT2D eigenvalue weighted by Crippen LogP contribution is 2.31. The number of halogens is 1. The van der Waals surface area contributed by atoms with Crippen LogP contribution in [0.3, 0.4) is 0 Å². The van der Waals surface area contributed by atoms with Gasteiger partial charge >= 0.3 is 0 Å². The lowest BCUT2D eigenvalue weighted by Gasteiger charge is -2.16. The molecule has 1 N–H and O–H groups in total. The van der Waals surface area contributed by atoms with Crippen LogP contribution in [0, 0.1) is 13.8 Å². The molecule has 0 bridgehead atoms. The first-order chi connectivity index (χ1) is 10.1. The Morgan fingerprint density at radius 3 is 2.57 bits per heavy atom. The van der Waals surface area contributed by atoms with E-state index in [0.29, 0.717) is 0 Å². The second-order valence-electron chi connectivity index (χ2n) is 5.41. The van der Waals surface area contributed by atoms with Gasteiger partial charge in [0, 0.05) is 9.86 Å². The first kappa shape index (κ1) is 14.4. The van der Waals surface area contributed by atoms with Gasteiger partial charge in [-0.05, 0) is 62.4 Å². The highest BCUT2D eigenvalue weighted by molar-refractivity contribution is 9.10. The second-order valence-corrected chi connectivity index (χ2v) is 6.33. The van der Waals surface area contributed by atoms with Crippen LogP contribution in [0.5, 0.6) is 0 Å². The van der Waals surface area contributed by atoms with Gasteiger partial charge < -0.3 is 9.73 Å². The Balaban J connectivity index is 2.09. The van der Waals surface area contributed by atoms with Crippen LogP contribution in [0.1, 0.15) is 28.5 Å². The van der Waals surface area contributed by atoms with E-state index in [4.69, 9.17) is 4.42 Å². The third-order valence-corrected chi connectivity index (χ3v) is 4.30. The van der Waals surface area contributed by atoms with Gasteiger partial charge in [-0.15, -0.1) is 0 Å². The first-order valence-electron chi connectivity index (χ1n) is 7.02. The van der Waals surface area contributed by atoms with Crippen molar-refractivity contribution in [1.29, 1.82) is 0 Å². The van der Waals surface area contributed by atoms with Gasteiger partial charge in [-0.3, -0.25) is 0 Å². The fourth-order valence-electron chi connectivity index (χ4n) is 2.74. The summed E-state index contributed by atoms with van der Waals surface area (Å²) in [6, 6.07) is 14.8. The summed E-state index contributed by atoms with van der Waals surface area (Å²) in [6.45, 7) is 4.22. The molecule has 0 amide bonds. The number of rotatable bonds is 3. The summed E-state index contributed by atoms with van der Waals surface area (Å²) in [5.74, 6) is 0.948. The third kappa shape index (κ3) is 2.76. The zero-order chi connectivity index (χ0) is 15.0. The molecular formula is C18H18BrNO. The molecule has 3 aromatic rings. The topological polar surface area (TPSA) is 25.2 Å². The molecule has 1 unspecified atom stereocenters. The van der Waals surface area contributed by atoms with E-state index in [1.165, 1.54) is 16.7 Å². The molecule has 3 heteroatoms. The monoisotopic (exact) mass is 343 g/mol. The highest BCUT2D eigenvalue weighted by atomic mass is 79.9. The number of hydrogen-bond donors (Lipinski definition) is 1. The minimum atomic E-state index is 0.0609. The maximum absolute atomic E-state index is 6.04. The van der Waals surface area contributed by atoms with Crippen molar-refractivity contribution in [2.75, 3.05) is 7.05 Å². The molecule has 0 spiro atoms. The van der Waals surface area contributed by atoms with Crippen molar-refractivity contribution in [1.82, 2.24) is 5.32 Å². The molecule has 108 valence electrons. The number of nitrogens with one attached hydrogen (secondary N) is 1. The van der Waals surface area contributed by atoms with Gasteiger partial charge in [-0.2, -0.15) is 0 Å². The maximum Gasteiger partial charge on any atom is 0.134 e. The molecule has 0 fully saturated rings. The summed E-state index contributed by atoms with van der Waals surface area (Å²) >= 11 is 3.52. The van der Waals surface area contributed by atoms with Gasteiger partial charge in [-0.1, -0.05) is 33.6 Å². The molecule has 0 saturated carbocycles. The fourth-order valence-corrected chi connectivity index (χ4v) is 3.22. The van der Waals surface area contributed by atoms with Crippen molar-refractivity contribution < 1.29 is 4.42 Å². The van der Waals surface area contributed by atoms with E-state index in [0.717, 1.165) is 21.2 Å². The van der Waals surface area contributed by atoms with E-state index < -0.39 is 0 Å². The summed E-state index contributed by atoms with van der Waals surface area (Å²) in [6.07, 6.45) is 0. The molecule has 0 aliphatic rings. The van der Waals surface area contributed by atoms with E-state index in [1.54, 1.807) is 0 Å². The summed E-state index contributed by atoms with van der Waals surface area (Å²) in [4.78, 5) is 0. The Bertz CT molecular complexity index is 791. The minimum absolute atomic E-state index is 0.0609. The molecule has 2 aromatic carbocycles. The van der Waals surface area contributed by atoms with Crippen LogP contribution < -0.4 is 5.32 Å². The van der Waals surface area contributed by atoms with Gasteiger partial charge in [0.15, 0.2) is 0 Å². The SMILES string of the molecule is CNC(c1cc2cc(C)ccc2o1)c1ccc(Br)cc1C. The van der Waals surface area contributed by atoms with Crippen LogP contribution in [0.25, 0.3) is 11.0 Å². The van der Waals surface area contributed by atoms with E-state index >= 15 is 0 Å². The van der Waals surface area contributed by atoms with Gasteiger partial charge in [0.25, 0.3) is 0 Å². The van der Waals surface area contributed by atoms with Crippen molar-refractivity contribution in [3.8, 4) is 0 Å². The Morgan fingerprint density at radius 2 is 1.86 bits per heavy atom. The Morgan fingerprint density at radius 1 is 1.05 bits per heavy atom. The number of benzene rings is 2. The standard InChI is InChI=1S/C18H18BrNO/c1-11-4-7-16-13(8-11)10-17(21-16)18(20-3)15-6-5-14(19)9-12(15)2/h4-10,18,20H,1-3H3. The Kier molecular flexibility index (Phi) is 3.87. The average Bonchev–Trinajstić information content (AvgIpc) is 2.84. The van der Waals surface area contributed by atoms with Crippen LogP contribution in [0.2, 0.25) is 0 Å². The van der Waals surface area contributed by atoms with Crippen molar-refractivity contribution in [2.24, 2.45) is 0 Å². The average molecular weight is 344 g/mol. The summed E-state index contributed by atoms with van der Waals surface area (Å²) < 4.78 is 7.14. The summed E-state index contributed by atoms with van der Waals surface area (Å²) in [7, 11) is 1.96. The van der Waals surface area contributed by atoms with Crippen LogP contribution in [0.4, 0.5) is 0 Å². The highest BCUT2D eigenvalue weighted by Gasteiger charge is 2.18. The van der Waals surface area contributed by atoms with E-state index in [-0.39, 0.29) is 6.04 Å². The predicted molar refractivity (Wildman–Crippen MR) is 90.7 cm³/mol. The Hall–Kier alpha value is -1.58. The molecular weight excluding hydrogens is 326 g/mol. The lowest BCUT2D eigenvalue weighted by molar-refractivity contribution is 0.490.